The lowest BCUT2D eigenvalue weighted by atomic mass is 10.0. The van der Waals surface area contributed by atoms with Crippen LogP contribution in [0.2, 0.25) is 5.02 Å². The van der Waals surface area contributed by atoms with Crippen molar-refractivity contribution in [1.82, 2.24) is 5.32 Å². The molecule has 102 valence electrons. The van der Waals surface area contributed by atoms with Crippen LogP contribution in [0.1, 0.15) is 24.9 Å². The summed E-state index contributed by atoms with van der Waals surface area (Å²) in [5.74, 6) is 0.0145. The lowest BCUT2D eigenvalue weighted by Gasteiger charge is -2.17. The molecule has 1 N–H and O–H groups in total. The smallest absolute Gasteiger partial charge is 0.309 e. The van der Waals surface area contributed by atoms with Crippen molar-refractivity contribution in [1.29, 1.82) is 0 Å². The molecule has 0 aliphatic heterocycles. The maximum Gasteiger partial charge on any atom is 0.441 e. The highest BCUT2D eigenvalue weighted by Gasteiger charge is 2.27. The Labute approximate surface area is 114 Å². The van der Waals surface area contributed by atoms with Gasteiger partial charge >= 0.3 is 5.51 Å². The average molecular weight is 298 g/mol. The number of hydrogen-bond donors (Lipinski definition) is 1. The second-order valence-corrected chi connectivity index (χ2v) is 5.36. The SMILES string of the molecule is CCC(NCCSC(F)(F)F)c1cccc(Cl)c1. The highest BCUT2D eigenvalue weighted by Crippen LogP contribution is 2.29. The first kappa shape index (κ1) is 15.7. The maximum absolute atomic E-state index is 12.0. The Hall–Kier alpha value is -0.390. The Morgan fingerprint density at radius 2 is 2.11 bits per heavy atom. The van der Waals surface area contributed by atoms with Gasteiger partial charge in [-0.2, -0.15) is 13.2 Å². The Kier molecular flexibility index (Phi) is 6.32. The number of nitrogens with one attached hydrogen (secondary N) is 1. The van der Waals surface area contributed by atoms with E-state index in [-0.39, 0.29) is 23.6 Å². The molecule has 6 heteroatoms. The van der Waals surface area contributed by atoms with Crippen molar-refractivity contribution in [3.05, 3.63) is 34.9 Å². The first-order valence-corrected chi connectivity index (χ1v) is 6.98. The van der Waals surface area contributed by atoms with Gasteiger partial charge < -0.3 is 5.32 Å². The molecule has 0 aromatic heterocycles. The number of halogens is 4. The molecule has 0 saturated carbocycles. The van der Waals surface area contributed by atoms with E-state index in [1.54, 1.807) is 6.07 Å². The summed E-state index contributed by atoms with van der Waals surface area (Å²) in [5, 5.41) is 3.74. The summed E-state index contributed by atoms with van der Waals surface area (Å²) < 4.78 is 35.9. The molecule has 0 amide bonds. The lowest BCUT2D eigenvalue weighted by Crippen LogP contribution is -2.24. The number of alkyl halides is 3. The van der Waals surface area contributed by atoms with Crippen molar-refractivity contribution in [2.24, 2.45) is 0 Å². The van der Waals surface area contributed by atoms with E-state index in [2.05, 4.69) is 5.32 Å². The largest absolute Gasteiger partial charge is 0.441 e. The maximum atomic E-state index is 12.0. The highest BCUT2D eigenvalue weighted by molar-refractivity contribution is 8.00. The van der Waals surface area contributed by atoms with Crippen molar-refractivity contribution in [2.75, 3.05) is 12.3 Å². The molecule has 1 aromatic carbocycles. The Bertz CT molecular complexity index is 371. The summed E-state index contributed by atoms with van der Waals surface area (Å²) in [6, 6.07) is 7.41. The zero-order valence-electron chi connectivity index (χ0n) is 9.93. The van der Waals surface area contributed by atoms with Crippen LogP contribution < -0.4 is 5.32 Å². The Balaban J connectivity index is 2.43. The van der Waals surface area contributed by atoms with Gasteiger partial charge in [0.1, 0.15) is 0 Å². The highest BCUT2D eigenvalue weighted by atomic mass is 35.5. The van der Waals surface area contributed by atoms with Crippen LogP contribution in [0.5, 0.6) is 0 Å². The molecule has 1 rings (SSSR count). The second kappa shape index (κ2) is 7.26. The molecule has 1 aromatic rings. The van der Waals surface area contributed by atoms with E-state index in [9.17, 15) is 13.2 Å². The minimum atomic E-state index is -4.15. The number of benzene rings is 1. The molecule has 0 radical (unpaired) electrons. The first-order chi connectivity index (χ1) is 8.42. The minimum Gasteiger partial charge on any atom is -0.309 e. The zero-order chi connectivity index (χ0) is 13.6. The van der Waals surface area contributed by atoms with Gasteiger partial charge in [0, 0.05) is 23.4 Å². The summed E-state index contributed by atoms with van der Waals surface area (Å²) in [7, 11) is 0. The molecular formula is C12H15ClF3NS. The molecule has 0 saturated heterocycles. The predicted octanol–water partition coefficient (Wildman–Crippen LogP) is 4.63. The quantitative estimate of drug-likeness (QED) is 0.768. The summed E-state index contributed by atoms with van der Waals surface area (Å²) in [6.45, 7) is 2.30. The van der Waals surface area contributed by atoms with Crippen molar-refractivity contribution >= 4 is 23.4 Å². The van der Waals surface area contributed by atoms with E-state index in [4.69, 9.17) is 11.6 Å². The van der Waals surface area contributed by atoms with Gasteiger partial charge in [0.15, 0.2) is 0 Å². The van der Waals surface area contributed by atoms with Gasteiger partial charge in [0.25, 0.3) is 0 Å². The van der Waals surface area contributed by atoms with Crippen molar-refractivity contribution in [2.45, 2.75) is 24.9 Å². The molecule has 0 spiro atoms. The third kappa shape index (κ3) is 5.98. The third-order valence-electron chi connectivity index (χ3n) is 2.42. The number of rotatable bonds is 6. The minimum absolute atomic E-state index is 0.00418. The van der Waals surface area contributed by atoms with Gasteiger partial charge in [-0.25, -0.2) is 0 Å². The van der Waals surface area contributed by atoms with Crippen LogP contribution in [-0.2, 0) is 0 Å². The molecule has 0 aliphatic carbocycles. The second-order valence-electron chi connectivity index (χ2n) is 3.76. The van der Waals surface area contributed by atoms with E-state index < -0.39 is 5.51 Å². The number of thioether (sulfide) groups is 1. The predicted molar refractivity (Wildman–Crippen MR) is 71.0 cm³/mol. The van der Waals surface area contributed by atoms with E-state index in [1.807, 2.05) is 25.1 Å². The van der Waals surface area contributed by atoms with Crippen molar-refractivity contribution < 1.29 is 13.2 Å². The Morgan fingerprint density at radius 1 is 1.39 bits per heavy atom. The van der Waals surface area contributed by atoms with Crippen LogP contribution in [0, 0.1) is 0 Å². The standard InChI is InChI=1S/C12H15ClF3NS/c1-2-11(9-4-3-5-10(13)8-9)17-6-7-18-12(14,15)16/h3-5,8,11,17H,2,6-7H2,1H3. The van der Waals surface area contributed by atoms with Gasteiger partial charge in [-0.15, -0.1) is 0 Å². The first-order valence-electron chi connectivity index (χ1n) is 5.62. The normalized spacial score (nSPS) is 13.6. The molecule has 0 fully saturated rings. The van der Waals surface area contributed by atoms with E-state index >= 15 is 0 Å². The zero-order valence-corrected chi connectivity index (χ0v) is 11.5. The molecule has 0 aliphatic rings. The van der Waals surface area contributed by atoms with E-state index in [0.717, 1.165) is 12.0 Å². The van der Waals surface area contributed by atoms with Gasteiger partial charge in [0.05, 0.1) is 0 Å². The number of hydrogen-bond acceptors (Lipinski definition) is 2. The van der Waals surface area contributed by atoms with E-state index in [0.29, 0.717) is 11.6 Å². The van der Waals surface area contributed by atoms with Crippen LogP contribution in [0.3, 0.4) is 0 Å². The Morgan fingerprint density at radius 3 is 2.67 bits per heavy atom. The fourth-order valence-corrected chi connectivity index (χ4v) is 2.27. The van der Waals surface area contributed by atoms with Crippen molar-refractivity contribution in [3.63, 3.8) is 0 Å². The average Bonchev–Trinajstić information content (AvgIpc) is 2.27. The molecule has 0 bridgehead atoms. The van der Waals surface area contributed by atoms with Crippen LogP contribution in [0.25, 0.3) is 0 Å². The van der Waals surface area contributed by atoms with Crippen molar-refractivity contribution in [3.8, 4) is 0 Å². The van der Waals surface area contributed by atoms with Crippen LogP contribution in [0.15, 0.2) is 24.3 Å². The monoisotopic (exact) mass is 297 g/mol. The van der Waals surface area contributed by atoms with Gasteiger partial charge in [-0.05, 0) is 35.9 Å². The molecule has 1 unspecified atom stereocenters. The van der Waals surface area contributed by atoms with Gasteiger partial charge in [-0.3, -0.25) is 0 Å². The summed E-state index contributed by atoms with van der Waals surface area (Å²) in [6.07, 6.45) is 0.803. The summed E-state index contributed by atoms with van der Waals surface area (Å²) >= 11 is 5.88. The van der Waals surface area contributed by atoms with E-state index in [1.165, 1.54) is 0 Å². The molecule has 1 nitrogen and oxygen atoms in total. The van der Waals surface area contributed by atoms with Crippen LogP contribution in [-0.4, -0.2) is 17.8 Å². The topological polar surface area (TPSA) is 12.0 Å². The summed E-state index contributed by atoms with van der Waals surface area (Å²) in [5.41, 5.74) is -3.15. The van der Waals surface area contributed by atoms with Crippen LogP contribution in [0.4, 0.5) is 13.2 Å². The molecule has 0 heterocycles. The summed E-state index contributed by atoms with van der Waals surface area (Å²) in [4.78, 5) is 0. The third-order valence-corrected chi connectivity index (χ3v) is 3.39. The van der Waals surface area contributed by atoms with Crippen LogP contribution >= 0.6 is 23.4 Å². The molecule has 1 atom stereocenters. The lowest BCUT2D eigenvalue weighted by molar-refractivity contribution is -0.0327. The van der Waals surface area contributed by atoms with Gasteiger partial charge in [0.2, 0.25) is 0 Å². The fraction of sp³-hybridized carbons (Fsp3) is 0.500. The van der Waals surface area contributed by atoms with Gasteiger partial charge in [-0.1, -0.05) is 30.7 Å². The molecular weight excluding hydrogens is 283 g/mol. The molecule has 18 heavy (non-hydrogen) atoms. The fourth-order valence-electron chi connectivity index (χ4n) is 1.62.